The number of hydrogen-bond donors (Lipinski definition) is 0. The van der Waals surface area contributed by atoms with E-state index in [0.717, 1.165) is 6.54 Å². The summed E-state index contributed by atoms with van der Waals surface area (Å²) in [4.78, 5) is 16.1. The van der Waals surface area contributed by atoms with Gasteiger partial charge in [-0.1, -0.05) is 24.8 Å². The molecule has 1 atom stereocenters. The molecule has 0 N–H and O–H groups in total. The summed E-state index contributed by atoms with van der Waals surface area (Å²) >= 11 is 0. The van der Waals surface area contributed by atoms with Crippen LogP contribution in [-0.2, 0) is 11.2 Å². The first kappa shape index (κ1) is 15.0. The number of rotatable bonds is 3. The van der Waals surface area contributed by atoms with Gasteiger partial charge in [-0.3, -0.25) is 9.80 Å². The SMILES string of the molecule is C=C1OC(=O)N2CCN(C(C)C)C[C@]12Cc1ccccc1F. The van der Waals surface area contributed by atoms with Crippen LogP contribution in [0.2, 0.25) is 0 Å². The van der Waals surface area contributed by atoms with E-state index in [4.69, 9.17) is 4.74 Å². The Hall–Kier alpha value is -1.88. The van der Waals surface area contributed by atoms with Crippen molar-refractivity contribution in [3.8, 4) is 0 Å². The van der Waals surface area contributed by atoms with Crippen LogP contribution < -0.4 is 0 Å². The lowest BCUT2D eigenvalue weighted by molar-refractivity contribution is 0.0480. The van der Waals surface area contributed by atoms with Crippen molar-refractivity contribution < 1.29 is 13.9 Å². The zero-order chi connectivity index (χ0) is 15.9. The molecule has 118 valence electrons. The number of piperazine rings is 1. The first-order valence-electron chi connectivity index (χ1n) is 7.60. The number of hydrogen-bond acceptors (Lipinski definition) is 3. The van der Waals surface area contributed by atoms with E-state index in [1.54, 1.807) is 17.0 Å². The van der Waals surface area contributed by atoms with Gasteiger partial charge in [0, 0.05) is 32.1 Å². The van der Waals surface area contributed by atoms with Gasteiger partial charge in [0.25, 0.3) is 0 Å². The second-order valence-corrected chi connectivity index (χ2v) is 6.31. The highest BCUT2D eigenvalue weighted by Crippen LogP contribution is 2.39. The third kappa shape index (κ3) is 2.29. The van der Waals surface area contributed by atoms with E-state index in [1.165, 1.54) is 6.07 Å². The zero-order valence-corrected chi connectivity index (χ0v) is 13.0. The molecule has 0 saturated carbocycles. The lowest BCUT2D eigenvalue weighted by Crippen LogP contribution is -2.62. The number of benzene rings is 1. The quantitative estimate of drug-likeness (QED) is 0.861. The summed E-state index contributed by atoms with van der Waals surface area (Å²) in [7, 11) is 0. The molecular formula is C17H21FN2O2. The maximum atomic E-state index is 14.1. The molecule has 1 aromatic carbocycles. The largest absolute Gasteiger partial charge is 0.415 e. The summed E-state index contributed by atoms with van der Waals surface area (Å²) in [5, 5.41) is 0. The molecule has 1 aromatic rings. The maximum absolute atomic E-state index is 14.1. The molecule has 0 bridgehead atoms. The Morgan fingerprint density at radius 1 is 1.36 bits per heavy atom. The average molecular weight is 304 g/mol. The number of fused-ring (bicyclic) bond motifs is 1. The minimum atomic E-state index is -0.679. The Morgan fingerprint density at radius 2 is 2.09 bits per heavy atom. The Morgan fingerprint density at radius 3 is 2.77 bits per heavy atom. The number of nitrogens with zero attached hydrogens (tertiary/aromatic N) is 2. The Labute approximate surface area is 130 Å². The van der Waals surface area contributed by atoms with E-state index in [0.29, 0.717) is 36.9 Å². The molecule has 0 spiro atoms. The summed E-state index contributed by atoms with van der Waals surface area (Å²) in [5.74, 6) is 0.164. The lowest BCUT2D eigenvalue weighted by Gasteiger charge is -2.46. The molecule has 4 nitrogen and oxygen atoms in total. The van der Waals surface area contributed by atoms with Crippen LogP contribution in [-0.4, -0.2) is 47.1 Å². The highest BCUT2D eigenvalue weighted by atomic mass is 19.1. The molecule has 0 radical (unpaired) electrons. The number of ether oxygens (including phenoxy) is 1. The van der Waals surface area contributed by atoms with Gasteiger partial charge in [-0.15, -0.1) is 0 Å². The van der Waals surface area contributed by atoms with Crippen LogP contribution in [0.1, 0.15) is 19.4 Å². The van der Waals surface area contributed by atoms with Crippen molar-refractivity contribution in [2.24, 2.45) is 0 Å². The van der Waals surface area contributed by atoms with E-state index in [9.17, 15) is 9.18 Å². The van der Waals surface area contributed by atoms with Crippen LogP contribution in [0.4, 0.5) is 9.18 Å². The Balaban J connectivity index is 1.98. The van der Waals surface area contributed by atoms with Crippen molar-refractivity contribution in [3.05, 3.63) is 48.0 Å². The summed E-state index contributed by atoms with van der Waals surface area (Å²) < 4.78 is 19.4. The van der Waals surface area contributed by atoms with Crippen molar-refractivity contribution in [1.29, 1.82) is 0 Å². The number of carbonyl (C=O) groups is 1. The molecule has 3 rings (SSSR count). The molecule has 5 heteroatoms. The van der Waals surface area contributed by atoms with E-state index in [2.05, 4.69) is 25.3 Å². The van der Waals surface area contributed by atoms with Crippen LogP contribution in [0.25, 0.3) is 0 Å². The van der Waals surface area contributed by atoms with Gasteiger partial charge >= 0.3 is 6.09 Å². The topological polar surface area (TPSA) is 32.8 Å². The normalized spacial score (nSPS) is 25.5. The minimum Gasteiger partial charge on any atom is -0.413 e. The van der Waals surface area contributed by atoms with Gasteiger partial charge in [0.2, 0.25) is 0 Å². The average Bonchev–Trinajstić information content (AvgIpc) is 2.72. The fraction of sp³-hybridized carbons (Fsp3) is 0.471. The third-order valence-corrected chi connectivity index (χ3v) is 4.71. The smallest absolute Gasteiger partial charge is 0.413 e. The van der Waals surface area contributed by atoms with Crippen molar-refractivity contribution >= 4 is 6.09 Å². The fourth-order valence-corrected chi connectivity index (χ4v) is 3.35. The summed E-state index contributed by atoms with van der Waals surface area (Å²) in [5.41, 5.74) is -0.0977. The predicted octanol–water partition coefficient (Wildman–Crippen LogP) is 2.80. The van der Waals surface area contributed by atoms with Gasteiger partial charge in [0.15, 0.2) is 0 Å². The van der Waals surface area contributed by atoms with Crippen molar-refractivity contribution in [1.82, 2.24) is 9.80 Å². The summed E-state index contributed by atoms with van der Waals surface area (Å²) in [6.45, 7) is 10.2. The molecule has 2 saturated heterocycles. The van der Waals surface area contributed by atoms with Crippen molar-refractivity contribution in [2.75, 3.05) is 19.6 Å². The van der Waals surface area contributed by atoms with Gasteiger partial charge in [0.1, 0.15) is 17.1 Å². The van der Waals surface area contributed by atoms with Crippen molar-refractivity contribution in [2.45, 2.75) is 31.8 Å². The Kier molecular flexibility index (Phi) is 3.68. The van der Waals surface area contributed by atoms with Gasteiger partial charge in [-0.25, -0.2) is 9.18 Å². The highest BCUT2D eigenvalue weighted by Gasteiger charge is 2.54. The first-order valence-corrected chi connectivity index (χ1v) is 7.60. The molecule has 2 heterocycles. The molecule has 0 aromatic heterocycles. The number of halogens is 1. The van der Waals surface area contributed by atoms with E-state index < -0.39 is 5.54 Å². The van der Waals surface area contributed by atoms with Gasteiger partial charge in [-0.05, 0) is 25.5 Å². The van der Waals surface area contributed by atoms with Crippen LogP contribution in [0.5, 0.6) is 0 Å². The molecule has 2 aliphatic heterocycles. The Bertz CT molecular complexity index is 616. The zero-order valence-electron chi connectivity index (χ0n) is 13.0. The van der Waals surface area contributed by atoms with E-state index >= 15 is 0 Å². The molecule has 22 heavy (non-hydrogen) atoms. The molecular weight excluding hydrogens is 283 g/mol. The standard InChI is InChI=1S/C17H21FN2O2/c1-12(2)19-8-9-20-16(21)22-13(3)17(20,11-19)10-14-6-4-5-7-15(14)18/h4-7,12H,3,8-11H2,1-2H3/t17-/m1/s1. The number of amides is 1. The van der Waals surface area contributed by atoms with Crippen LogP contribution in [0.3, 0.4) is 0 Å². The van der Waals surface area contributed by atoms with Crippen molar-refractivity contribution in [3.63, 3.8) is 0 Å². The number of cyclic esters (lactones) is 1. The molecule has 0 unspecified atom stereocenters. The van der Waals surface area contributed by atoms with Crippen LogP contribution in [0, 0.1) is 5.82 Å². The maximum Gasteiger partial charge on any atom is 0.415 e. The fourth-order valence-electron chi connectivity index (χ4n) is 3.35. The minimum absolute atomic E-state index is 0.259. The monoisotopic (exact) mass is 304 g/mol. The number of carbonyl (C=O) groups excluding carboxylic acids is 1. The first-order chi connectivity index (χ1) is 10.4. The van der Waals surface area contributed by atoms with E-state index in [1.807, 2.05) is 6.07 Å². The molecule has 2 aliphatic rings. The summed E-state index contributed by atoms with van der Waals surface area (Å²) in [6, 6.07) is 7.03. The lowest BCUT2D eigenvalue weighted by atomic mass is 9.85. The molecule has 2 fully saturated rings. The molecule has 1 amide bonds. The van der Waals surface area contributed by atoms with Crippen LogP contribution in [0.15, 0.2) is 36.6 Å². The second kappa shape index (κ2) is 5.39. The second-order valence-electron chi connectivity index (χ2n) is 6.31. The van der Waals surface area contributed by atoms with E-state index in [-0.39, 0.29) is 11.9 Å². The van der Waals surface area contributed by atoms with Gasteiger partial charge < -0.3 is 4.74 Å². The summed E-state index contributed by atoms with van der Waals surface area (Å²) in [6.07, 6.45) is 0.0118. The molecule has 0 aliphatic carbocycles. The van der Waals surface area contributed by atoms with Gasteiger partial charge in [-0.2, -0.15) is 0 Å². The highest BCUT2D eigenvalue weighted by molar-refractivity contribution is 5.75. The van der Waals surface area contributed by atoms with Gasteiger partial charge in [0.05, 0.1) is 0 Å². The third-order valence-electron chi connectivity index (χ3n) is 4.71. The predicted molar refractivity (Wildman–Crippen MR) is 81.9 cm³/mol. The van der Waals surface area contributed by atoms with Crippen LogP contribution >= 0.6 is 0 Å².